The summed E-state index contributed by atoms with van der Waals surface area (Å²) in [5.74, 6) is 0.597. The van der Waals surface area contributed by atoms with Crippen LogP contribution in [0, 0.1) is 11.3 Å². The molecule has 0 radical (unpaired) electrons. The normalized spacial score (nSPS) is 10.4. The lowest BCUT2D eigenvalue weighted by molar-refractivity contribution is 0.969. The molecule has 2 heterocycles. The van der Waals surface area contributed by atoms with Crippen molar-refractivity contribution in [1.82, 2.24) is 9.55 Å². The number of nitrogens with one attached hydrogen (secondary N) is 1. The largest absolute Gasteiger partial charge is 0.350 e. The van der Waals surface area contributed by atoms with Gasteiger partial charge in [-0.2, -0.15) is 5.26 Å². The highest BCUT2D eigenvalue weighted by atomic mass is 35.5. The number of anilines is 2. The summed E-state index contributed by atoms with van der Waals surface area (Å²) in [6.07, 6.45) is 2.02. The van der Waals surface area contributed by atoms with E-state index in [-0.39, 0.29) is 5.69 Å². The van der Waals surface area contributed by atoms with Crippen molar-refractivity contribution in [1.29, 1.82) is 5.26 Å². The van der Waals surface area contributed by atoms with Gasteiger partial charge in [0.1, 0.15) is 11.9 Å². The van der Waals surface area contributed by atoms with Gasteiger partial charge in [0.25, 0.3) is 0 Å². The minimum atomic E-state index is 0.219. The zero-order valence-electron chi connectivity index (χ0n) is 10.8. The fourth-order valence-electron chi connectivity index (χ4n) is 2.08. The summed E-state index contributed by atoms with van der Waals surface area (Å²) in [7, 11) is 2.00. The topological polar surface area (TPSA) is 53.6 Å². The molecule has 4 nitrogen and oxygen atoms in total. The van der Waals surface area contributed by atoms with Crippen molar-refractivity contribution >= 4 is 34.0 Å². The molecule has 0 aliphatic carbocycles. The third kappa shape index (κ3) is 2.20. The van der Waals surface area contributed by atoms with Gasteiger partial charge in [-0.15, -0.1) is 0 Å². The molecule has 20 heavy (non-hydrogen) atoms. The standard InChI is InChI=1S/C15H11ClN4/c1-20-7-6-10-2-3-11(8-14(10)20)18-15-5-4-12(16)13(9-17)19-15/h2-8H,1H3,(H,18,19). The van der Waals surface area contributed by atoms with Gasteiger partial charge in [-0.3, -0.25) is 0 Å². The molecule has 0 saturated carbocycles. The maximum atomic E-state index is 8.93. The van der Waals surface area contributed by atoms with Gasteiger partial charge in [0.15, 0.2) is 5.69 Å². The first-order valence-corrected chi connectivity index (χ1v) is 6.44. The van der Waals surface area contributed by atoms with Gasteiger partial charge in [0.05, 0.1) is 5.02 Å². The van der Waals surface area contributed by atoms with Crippen molar-refractivity contribution in [3.05, 3.63) is 53.3 Å². The smallest absolute Gasteiger partial charge is 0.161 e. The molecule has 1 aromatic carbocycles. The van der Waals surface area contributed by atoms with E-state index in [9.17, 15) is 0 Å². The van der Waals surface area contributed by atoms with Crippen LogP contribution in [0.3, 0.4) is 0 Å². The maximum Gasteiger partial charge on any atom is 0.161 e. The van der Waals surface area contributed by atoms with Crippen molar-refractivity contribution in [3.8, 4) is 6.07 Å². The van der Waals surface area contributed by atoms with E-state index < -0.39 is 0 Å². The van der Waals surface area contributed by atoms with Gasteiger partial charge >= 0.3 is 0 Å². The number of aryl methyl sites for hydroxylation is 1. The fraction of sp³-hybridized carbons (Fsp3) is 0.0667. The predicted molar refractivity (Wildman–Crippen MR) is 80.2 cm³/mol. The molecule has 1 N–H and O–H groups in total. The number of nitriles is 1. The Hall–Kier alpha value is -2.51. The monoisotopic (exact) mass is 282 g/mol. The van der Waals surface area contributed by atoms with Crippen LogP contribution >= 0.6 is 11.6 Å². The summed E-state index contributed by atoms with van der Waals surface area (Å²) >= 11 is 5.87. The van der Waals surface area contributed by atoms with E-state index in [0.717, 1.165) is 11.2 Å². The van der Waals surface area contributed by atoms with Crippen LogP contribution in [-0.4, -0.2) is 9.55 Å². The second-order valence-corrected chi connectivity index (χ2v) is 4.87. The Morgan fingerprint density at radius 1 is 1.25 bits per heavy atom. The molecular formula is C15H11ClN4. The Balaban J connectivity index is 1.96. The van der Waals surface area contributed by atoms with E-state index in [2.05, 4.69) is 20.9 Å². The number of hydrogen-bond donors (Lipinski definition) is 1. The molecule has 0 bridgehead atoms. The molecule has 0 saturated heterocycles. The molecule has 0 aliphatic heterocycles. The molecule has 0 amide bonds. The van der Waals surface area contributed by atoms with Crippen LogP contribution in [-0.2, 0) is 7.05 Å². The SMILES string of the molecule is Cn1ccc2ccc(Nc3ccc(Cl)c(C#N)n3)cc21. The second kappa shape index (κ2) is 4.87. The first-order valence-electron chi connectivity index (χ1n) is 6.06. The summed E-state index contributed by atoms with van der Waals surface area (Å²) in [5, 5.41) is 13.6. The Morgan fingerprint density at radius 3 is 2.90 bits per heavy atom. The molecule has 98 valence electrons. The lowest BCUT2D eigenvalue weighted by atomic mass is 10.2. The van der Waals surface area contributed by atoms with Gasteiger partial charge in [0.2, 0.25) is 0 Å². The molecule has 3 aromatic rings. The molecule has 0 atom stereocenters. The van der Waals surface area contributed by atoms with E-state index in [1.165, 1.54) is 5.39 Å². The minimum Gasteiger partial charge on any atom is -0.350 e. The average molecular weight is 283 g/mol. The van der Waals surface area contributed by atoms with Crippen LogP contribution in [0.1, 0.15) is 5.69 Å². The first kappa shape index (κ1) is 12.5. The molecule has 2 aromatic heterocycles. The minimum absolute atomic E-state index is 0.219. The van der Waals surface area contributed by atoms with Crippen LogP contribution in [0.4, 0.5) is 11.5 Å². The Morgan fingerprint density at radius 2 is 2.10 bits per heavy atom. The lowest BCUT2D eigenvalue weighted by Crippen LogP contribution is -1.96. The maximum absolute atomic E-state index is 8.93. The van der Waals surface area contributed by atoms with Crippen molar-refractivity contribution in [3.63, 3.8) is 0 Å². The molecule has 0 spiro atoms. The van der Waals surface area contributed by atoms with E-state index >= 15 is 0 Å². The Bertz CT molecular complexity index is 829. The Kier molecular flexibility index (Phi) is 3.05. The highest BCUT2D eigenvalue weighted by Crippen LogP contribution is 2.23. The molecule has 0 aliphatic rings. The third-order valence-electron chi connectivity index (χ3n) is 3.11. The fourth-order valence-corrected chi connectivity index (χ4v) is 2.23. The van der Waals surface area contributed by atoms with E-state index in [1.807, 2.05) is 37.5 Å². The summed E-state index contributed by atoms with van der Waals surface area (Å²) in [6, 6.07) is 13.5. The van der Waals surface area contributed by atoms with Crippen LogP contribution < -0.4 is 5.32 Å². The summed E-state index contributed by atoms with van der Waals surface area (Å²) in [6.45, 7) is 0. The van der Waals surface area contributed by atoms with Crippen LogP contribution in [0.2, 0.25) is 5.02 Å². The van der Waals surface area contributed by atoms with Crippen LogP contribution in [0.25, 0.3) is 10.9 Å². The summed E-state index contributed by atoms with van der Waals surface area (Å²) < 4.78 is 2.05. The number of fused-ring (bicyclic) bond motifs is 1. The van der Waals surface area contributed by atoms with Gasteiger partial charge in [-0.1, -0.05) is 17.7 Å². The highest BCUT2D eigenvalue weighted by Gasteiger charge is 2.04. The number of aromatic nitrogens is 2. The van der Waals surface area contributed by atoms with Crippen molar-refractivity contribution in [2.45, 2.75) is 0 Å². The number of nitrogens with zero attached hydrogens (tertiary/aromatic N) is 3. The van der Waals surface area contributed by atoms with Gasteiger partial charge in [-0.05, 0) is 35.7 Å². The second-order valence-electron chi connectivity index (χ2n) is 4.46. The van der Waals surface area contributed by atoms with Crippen LogP contribution in [0.5, 0.6) is 0 Å². The van der Waals surface area contributed by atoms with Gasteiger partial charge in [-0.25, -0.2) is 4.98 Å². The number of rotatable bonds is 2. The molecule has 3 rings (SSSR count). The van der Waals surface area contributed by atoms with Crippen molar-refractivity contribution in [2.75, 3.05) is 5.32 Å². The quantitative estimate of drug-likeness (QED) is 0.777. The van der Waals surface area contributed by atoms with E-state index in [1.54, 1.807) is 12.1 Å². The molecular weight excluding hydrogens is 272 g/mol. The van der Waals surface area contributed by atoms with Crippen LogP contribution in [0.15, 0.2) is 42.6 Å². The van der Waals surface area contributed by atoms with Gasteiger partial charge in [0, 0.05) is 24.4 Å². The number of pyridine rings is 1. The average Bonchev–Trinajstić information content (AvgIpc) is 2.82. The summed E-state index contributed by atoms with van der Waals surface area (Å²) in [5.41, 5.74) is 2.26. The summed E-state index contributed by atoms with van der Waals surface area (Å²) in [4.78, 5) is 4.17. The van der Waals surface area contributed by atoms with E-state index in [0.29, 0.717) is 10.8 Å². The lowest BCUT2D eigenvalue weighted by Gasteiger charge is -2.07. The third-order valence-corrected chi connectivity index (χ3v) is 3.42. The predicted octanol–water partition coefficient (Wildman–Crippen LogP) is 3.84. The van der Waals surface area contributed by atoms with Crippen molar-refractivity contribution in [2.24, 2.45) is 7.05 Å². The Labute approximate surface area is 121 Å². The number of halogens is 1. The first-order chi connectivity index (χ1) is 9.67. The molecule has 5 heteroatoms. The molecule has 0 unspecified atom stereocenters. The highest BCUT2D eigenvalue weighted by molar-refractivity contribution is 6.31. The zero-order chi connectivity index (χ0) is 14.1. The van der Waals surface area contributed by atoms with Gasteiger partial charge < -0.3 is 9.88 Å². The van der Waals surface area contributed by atoms with Crippen molar-refractivity contribution < 1.29 is 0 Å². The number of benzene rings is 1. The molecule has 0 fully saturated rings. The van der Waals surface area contributed by atoms with E-state index in [4.69, 9.17) is 16.9 Å². The number of hydrogen-bond acceptors (Lipinski definition) is 3. The zero-order valence-corrected chi connectivity index (χ0v) is 11.5.